The van der Waals surface area contributed by atoms with E-state index in [1.807, 2.05) is 47.4 Å². The van der Waals surface area contributed by atoms with Crippen molar-refractivity contribution in [1.29, 1.82) is 0 Å². The van der Waals surface area contributed by atoms with Crippen molar-refractivity contribution in [3.63, 3.8) is 0 Å². The van der Waals surface area contributed by atoms with Crippen molar-refractivity contribution >= 4 is 28.4 Å². The van der Waals surface area contributed by atoms with Gasteiger partial charge in [0, 0.05) is 37.5 Å². The van der Waals surface area contributed by atoms with Gasteiger partial charge in [-0.2, -0.15) is 0 Å². The molecule has 3 heterocycles. The lowest BCUT2D eigenvalue weighted by Crippen LogP contribution is -2.49. The van der Waals surface area contributed by atoms with Crippen molar-refractivity contribution in [2.45, 2.75) is 18.8 Å². The van der Waals surface area contributed by atoms with Gasteiger partial charge in [0.15, 0.2) is 5.65 Å². The van der Waals surface area contributed by atoms with Gasteiger partial charge in [0.1, 0.15) is 11.6 Å². The number of amides is 1. The summed E-state index contributed by atoms with van der Waals surface area (Å²) in [5.41, 5.74) is 2.38. The van der Waals surface area contributed by atoms with E-state index < -0.39 is 0 Å². The van der Waals surface area contributed by atoms with E-state index in [1.54, 1.807) is 7.11 Å². The smallest absolute Gasteiger partial charge is 0.257 e. The summed E-state index contributed by atoms with van der Waals surface area (Å²) in [6.07, 6.45) is 2.29. The van der Waals surface area contributed by atoms with Gasteiger partial charge in [-0.25, -0.2) is 9.38 Å². The molecule has 1 saturated carbocycles. The lowest BCUT2D eigenvalue weighted by Gasteiger charge is -2.35. The lowest BCUT2D eigenvalue weighted by atomic mass is 10.1. The topological polar surface area (TPSA) is 75.9 Å². The number of benzene rings is 2. The van der Waals surface area contributed by atoms with Crippen molar-refractivity contribution < 1.29 is 9.53 Å². The van der Waals surface area contributed by atoms with E-state index in [4.69, 9.17) is 9.72 Å². The molecule has 1 saturated heterocycles. The van der Waals surface area contributed by atoms with Gasteiger partial charge in [-0.05, 0) is 37.1 Å². The zero-order valence-corrected chi connectivity index (χ0v) is 17.9. The maximum absolute atomic E-state index is 13.1. The maximum atomic E-state index is 13.1. The van der Waals surface area contributed by atoms with Crippen LogP contribution in [0.4, 0.5) is 5.95 Å². The highest BCUT2D eigenvalue weighted by atomic mass is 16.5. The van der Waals surface area contributed by atoms with Crippen LogP contribution in [0.1, 0.15) is 34.9 Å². The predicted molar refractivity (Wildman–Crippen MR) is 121 cm³/mol. The number of para-hydroxylation sites is 2. The van der Waals surface area contributed by atoms with E-state index in [2.05, 4.69) is 25.6 Å². The number of anilines is 1. The summed E-state index contributed by atoms with van der Waals surface area (Å²) in [7, 11) is 1.59. The molecule has 8 nitrogen and oxygen atoms in total. The third-order valence-corrected chi connectivity index (χ3v) is 6.38. The SMILES string of the molecule is COc1ccccc1C(=O)N1CCN(c2nc3ccccc3c3nnc(C4CC4)n23)CC1. The molecule has 2 fully saturated rings. The molecule has 0 N–H and O–H groups in total. The third kappa shape index (κ3) is 3.05. The van der Waals surface area contributed by atoms with Crippen LogP contribution in [0.25, 0.3) is 16.6 Å². The Labute approximate surface area is 185 Å². The number of ether oxygens (including phenoxy) is 1. The monoisotopic (exact) mass is 428 g/mol. The fourth-order valence-electron chi connectivity index (χ4n) is 4.51. The first-order valence-corrected chi connectivity index (χ1v) is 11.1. The van der Waals surface area contributed by atoms with Crippen LogP contribution in [0.15, 0.2) is 48.5 Å². The van der Waals surface area contributed by atoms with Gasteiger partial charge in [0.05, 0.1) is 18.2 Å². The van der Waals surface area contributed by atoms with Gasteiger partial charge in [-0.3, -0.25) is 4.79 Å². The van der Waals surface area contributed by atoms with E-state index in [9.17, 15) is 4.79 Å². The predicted octanol–water partition coefficient (Wildman–Crippen LogP) is 3.13. The van der Waals surface area contributed by atoms with Crippen LogP contribution >= 0.6 is 0 Å². The molecule has 32 heavy (non-hydrogen) atoms. The first kappa shape index (κ1) is 19.0. The summed E-state index contributed by atoms with van der Waals surface area (Å²) in [6.45, 7) is 2.63. The molecule has 6 rings (SSSR count). The van der Waals surface area contributed by atoms with E-state index in [0.717, 1.165) is 41.2 Å². The lowest BCUT2D eigenvalue weighted by molar-refractivity contribution is 0.0742. The van der Waals surface area contributed by atoms with Crippen LogP contribution in [0.3, 0.4) is 0 Å². The number of nitrogens with zero attached hydrogens (tertiary/aromatic N) is 6. The number of aromatic nitrogens is 4. The molecular weight excluding hydrogens is 404 g/mol. The second-order valence-corrected chi connectivity index (χ2v) is 8.40. The number of rotatable bonds is 4. The minimum absolute atomic E-state index is 0.00156. The third-order valence-electron chi connectivity index (χ3n) is 6.38. The fraction of sp³-hybridized carbons (Fsp3) is 0.333. The second kappa shape index (κ2) is 7.47. The van der Waals surface area contributed by atoms with E-state index in [1.165, 1.54) is 0 Å². The zero-order valence-electron chi connectivity index (χ0n) is 17.9. The van der Waals surface area contributed by atoms with Crippen LogP contribution in [-0.2, 0) is 0 Å². The molecule has 162 valence electrons. The van der Waals surface area contributed by atoms with Crippen LogP contribution in [0.5, 0.6) is 5.75 Å². The summed E-state index contributed by atoms with van der Waals surface area (Å²) in [6, 6.07) is 15.5. The first-order chi connectivity index (χ1) is 15.7. The minimum Gasteiger partial charge on any atom is -0.496 e. The first-order valence-electron chi connectivity index (χ1n) is 11.1. The zero-order chi connectivity index (χ0) is 21.7. The van der Waals surface area contributed by atoms with Crippen LogP contribution in [0, 0.1) is 0 Å². The van der Waals surface area contributed by atoms with Crippen LogP contribution in [-0.4, -0.2) is 63.7 Å². The number of fused-ring (bicyclic) bond motifs is 3. The van der Waals surface area contributed by atoms with Gasteiger partial charge < -0.3 is 14.5 Å². The highest BCUT2D eigenvalue weighted by molar-refractivity contribution is 5.97. The van der Waals surface area contributed by atoms with E-state index >= 15 is 0 Å². The summed E-state index contributed by atoms with van der Waals surface area (Å²) >= 11 is 0. The average Bonchev–Trinajstić information content (AvgIpc) is 3.61. The van der Waals surface area contributed by atoms with E-state index in [0.29, 0.717) is 43.4 Å². The Morgan fingerprint density at radius 2 is 1.72 bits per heavy atom. The Kier molecular flexibility index (Phi) is 4.45. The summed E-state index contributed by atoms with van der Waals surface area (Å²) in [5, 5.41) is 10.1. The normalized spacial score (nSPS) is 16.7. The van der Waals surface area contributed by atoms with Crippen LogP contribution < -0.4 is 9.64 Å². The molecule has 0 radical (unpaired) electrons. The highest BCUT2D eigenvalue weighted by Gasteiger charge is 2.32. The molecule has 0 atom stereocenters. The summed E-state index contributed by atoms with van der Waals surface area (Å²) in [5.74, 6) is 2.94. The number of carbonyl (C=O) groups excluding carboxylic acids is 1. The Hall–Kier alpha value is -3.68. The van der Waals surface area contributed by atoms with Crippen molar-refractivity contribution in [1.82, 2.24) is 24.5 Å². The molecule has 2 aromatic heterocycles. The standard InChI is InChI=1S/C24H24N6O2/c1-32-20-9-5-3-7-18(20)23(31)28-12-14-29(15-13-28)24-25-19-8-4-2-6-17(19)22-27-26-21(30(22)24)16-10-11-16/h2-9,16H,10-15H2,1H3. The van der Waals surface area contributed by atoms with Crippen molar-refractivity contribution in [2.75, 3.05) is 38.2 Å². The summed E-state index contributed by atoms with van der Waals surface area (Å²) < 4.78 is 7.52. The molecule has 2 aliphatic rings. The average molecular weight is 428 g/mol. The van der Waals surface area contributed by atoms with Gasteiger partial charge >= 0.3 is 0 Å². The largest absolute Gasteiger partial charge is 0.496 e. The van der Waals surface area contributed by atoms with Crippen molar-refractivity contribution in [3.05, 3.63) is 59.9 Å². The fourth-order valence-corrected chi connectivity index (χ4v) is 4.51. The minimum atomic E-state index is 0.00156. The molecule has 4 aromatic rings. The number of hydrogen-bond donors (Lipinski definition) is 0. The molecule has 1 aliphatic heterocycles. The Morgan fingerprint density at radius 1 is 0.969 bits per heavy atom. The van der Waals surface area contributed by atoms with Gasteiger partial charge in [-0.1, -0.05) is 24.3 Å². The van der Waals surface area contributed by atoms with Gasteiger partial charge in [0.2, 0.25) is 5.95 Å². The van der Waals surface area contributed by atoms with Crippen molar-refractivity contribution in [3.8, 4) is 5.75 Å². The molecular formula is C24H24N6O2. The number of piperazine rings is 1. The summed E-state index contributed by atoms with van der Waals surface area (Å²) in [4.78, 5) is 22.3. The molecule has 8 heteroatoms. The second-order valence-electron chi connectivity index (χ2n) is 8.40. The molecule has 1 amide bonds. The molecule has 2 aromatic carbocycles. The van der Waals surface area contributed by atoms with Crippen molar-refractivity contribution in [2.24, 2.45) is 0 Å². The van der Waals surface area contributed by atoms with Gasteiger partial charge in [-0.15, -0.1) is 10.2 Å². The molecule has 0 spiro atoms. The number of hydrogen-bond acceptors (Lipinski definition) is 6. The Balaban J connectivity index is 1.32. The molecule has 0 bridgehead atoms. The van der Waals surface area contributed by atoms with Crippen LogP contribution in [0.2, 0.25) is 0 Å². The maximum Gasteiger partial charge on any atom is 0.257 e. The van der Waals surface area contributed by atoms with Gasteiger partial charge in [0.25, 0.3) is 5.91 Å². The quantitative estimate of drug-likeness (QED) is 0.497. The number of methoxy groups -OCH3 is 1. The Bertz CT molecular complexity index is 1320. The highest BCUT2D eigenvalue weighted by Crippen LogP contribution is 2.40. The Morgan fingerprint density at radius 3 is 2.50 bits per heavy atom. The molecule has 0 unspecified atom stereocenters. The number of carbonyl (C=O) groups is 1. The van der Waals surface area contributed by atoms with E-state index in [-0.39, 0.29) is 5.91 Å². The molecule has 1 aliphatic carbocycles.